The molecule has 4 heteroatoms. The number of carboxylic acid groups (broad SMARTS) is 1. The Bertz CT molecular complexity index is 560. The molecule has 0 heterocycles. The Morgan fingerprint density at radius 2 is 1.39 bits per heavy atom. The van der Waals surface area contributed by atoms with Crippen LogP contribution in [0.25, 0.3) is 0 Å². The van der Waals surface area contributed by atoms with E-state index >= 15 is 0 Å². The standard InChI is InChI=1S/C19H25NO3/c21-17(15-13-1-2-14(6-13)16(15)18(22)23)20-19-7-10-3-11(8-19)5-12(4-10)9-19/h1-2,10-16H,3-9H2,(H,20,21)(H,22,23)/t10?,11?,12?,13-,14-,15+,16+,19?/m0/s1. The zero-order valence-electron chi connectivity index (χ0n) is 13.4. The van der Waals surface area contributed by atoms with Gasteiger partial charge in [0.15, 0.2) is 0 Å². The molecule has 6 aliphatic rings. The topological polar surface area (TPSA) is 66.4 Å². The number of rotatable bonds is 3. The van der Waals surface area contributed by atoms with Crippen molar-refractivity contribution in [1.29, 1.82) is 0 Å². The first-order chi connectivity index (χ1) is 11.0. The van der Waals surface area contributed by atoms with Gasteiger partial charge in [-0.25, -0.2) is 0 Å². The largest absolute Gasteiger partial charge is 0.481 e. The van der Waals surface area contributed by atoms with Crippen molar-refractivity contribution in [3.63, 3.8) is 0 Å². The molecule has 0 aromatic carbocycles. The molecule has 0 aromatic rings. The van der Waals surface area contributed by atoms with E-state index in [1.807, 2.05) is 6.08 Å². The molecule has 0 aliphatic heterocycles. The molecule has 5 fully saturated rings. The van der Waals surface area contributed by atoms with Crippen molar-refractivity contribution in [3.05, 3.63) is 12.2 Å². The summed E-state index contributed by atoms with van der Waals surface area (Å²) in [6, 6.07) is 0. The number of allylic oxidation sites excluding steroid dienone is 2. The number of hydrogen-bond acceptors (Lipinski definition) is 2. The highest BCUT2D eigenvalue weighted by Crippen LogP contribution is 2.56. The quantitative estimate of drug-likeness (QED) is 0.787. The van der Waals surface area contributed by atoms with Gasteiger partial charge in [-0.3, -0.25) is 9.59 Å². The van der Waals surface area contributed by atoms with E-state index in [1.54, 1.807) is 0 Å². The normalized spacial score (nSPS) is 52.1. The minimum absolute atomic E-state index is 0.0135. The Balaban J connectivity index is 1.37. The van der Waals surface area contributed by atoms with Gasteiger partial charge in [0, 0.05) is 5.54 Å². The Morgan fingerprint density at radius 1 is 0.870 bits per heavy atom. The maximum atomic E-state index is 13.0. The van der Waals surface area contributed by atoms with Gasteiger partial charge in [-0.05, 0) is 74.5 Å². The molecule has 0 aromatic heterocycles. The van der Waals surface area contributed by atoms with Crippen molar-refractivity contribution < 1.29 is 14.7 Å². The molecule has 124 valence electrons. The monoisotopic (exact) mass is 315 g/mol. The van der Waals surface area contributed by atoms with Crippen molar-refractivity contribution in [3.8, 4) is 0 Å². The third-order valence-corrected chi connectivity index (χ3v) is 7.47. The predicted octanol–water partition coefficient (Wildman–Crippen LogP) is 2.59. The van der Waals surface area contributed by atoms with Crippen LogP contribution in [0.4, 0.5) is 0 Å². The van der Waals surface area contributed by atoms with Crippen LogP contribution in [0.1, 0.15) is 44.9 Å². The third kappa shape index (κ3) is 2.03. The fourth-order valence-electron chi connectivity index (χ4n) is 7.12. The average molecular weight is 315 g/mol. The van der Waals surface area contributed by atoms with Crippen LogP contribution in [0, 0.1) is 41.4 Å². The van der Waals surface area contributed by atoms with Crippen LogP contribution in [-0.2, 0) is 9.59 Å². The van der Waals surface area contributed by atoms with E-state index in [1.165, 1.54) is 19.3 Å². The second kappa shape index (κ2) is 4.61. The first-order valence-electron chi connectivity index (χ1n) is 9.26. The Kier molecular flexibility index (Phi) is 2.82. The first-order valence-corrected chi connectivity index (χ1v) is 9.26. The molecule has 23 heavy (non-hydrogen) atoms. The number of aliphatic carboxylic acids is 1. The van der Waals surface area contributed by atoms with E-state index in [9.17, 15) is 14.7 Å². The van der Waals surface area contributed by atoms with E-state index in [0.717, 1.165) is 43.4 Å². The van der Waals surface area contributed by atoms with Crippen molar-refractivity contribution in [2.24, 2.45) is 41.4 Å². The van der Waals surface area contributed by atoms with Crippen LogP contribution in [0.15, 0.2) is 12.2 Å². The van der Waals surface area contributed by atoms with Crippen LogP contribution in [0.3, 0.4) is 0 Å². The molecule has 0 spiro atoms. The number of carbonyl (C=O) groups is 2. The summed E-state index contributed by atoms with van der Waals surface area (Å²) in [6.45, 7) is 0. The number of nitrogens with one attached hydrogen (secondary N) is 1. The molecule has 4 atom stereocenters. The highest BCUT2D eigenvalue weighted by Gasteiger charge is 2.55. The maximum absolute atomic E-state index is 13.0. The summed E-state index contributed by atoms with van der Waals surface area (Å²) in [6.07, 6.45) is 12.4. The molecule has 0 radical (unpaired) electrons. The molecule has 0 unspecified atom stereocenters. The molecule has 6 bridgehead atoms. The summed E-state index contributed by atoms with van der Waals surface area (Å²) in [5, 5.41) is 13.0. The number of fused-ring (bicyclic) bond motifs is 2. The van der Waals surface area contributed by atoms with Gasteiger partial charge in [0.2, 0.25) is 5.91 Å². The lowest BCUT2D eigenvalue weighted by Crippen LogP contribution is -2.61. The smallest absolute Gasteiger partial charge is 0.307 e. The zero-order valence-corrected chi connectivity index (χ0v) is 13.4. The lowest BCUT2D eigenvalue weighted by molar-refractivity contribution is -0.149. The summed E-state index contributed by atoms with van der Waals surface area (Å²) >= 11 is 0. The SMILES string of the molecule is O=C(O)[C@H]1[C@H](C(=O)NC23CC4CC(CC(C4)C2)C3)[C@H]2C=C[C@H]1C2. The first kappa shape index (κ1) is 14.1. The van der Waals surface area contributed by atoms with E-state index in [2.05, 4.69) is 11.4 Å². The molecule has 2 N–H and O–H groups in total. The highest BCUT2D eigenvalue weighted by atomic mass is 16.4. The summed E-state index contributed by atoms with van der Waals surface area (Å²) in [5.74, 6) is 0.919. The maximum Gasteiger partial charge on any atom is 0.307 e. The van der Waals surface area contributed by atoms with Gasteiger partial charge >= 0.3 is 5.97 Å². The number of hydrogen-bond donors (Lipinski definition) is 2. The second-order valence-electron chi connectivity index (χ2n) is 9.03. The van der Waals surface area contributed by atoms with E-state index in [4.69, 9.17) is 0 Å². The number of carbonyl (C=O) groups excluding carboxylic acids is 1. The Labute approximate surface area is 136 Å². The van der Waals surface area contributed by atoms with Crippen molar-refractivity contribution in [1.82, 2.24) is 5.32 Å². The van der Waals surface area contributed by atoms with Gasteiger partial charge in [-0.15, -0.1) is 0 Å². The second-order valence-corrected chi connectivity index (χ2v) is 9.03. The van der Waals surface area contributed by atoms with Gasteiger partial charge in [-0.1, -0.05) is 12.2 Å². The fourth-order valence-corrected chi connectivity index (χ4v) is 7.12. The zero-order chi connectivity index (χ0) is 15.8. The van der Waals surface area contributed by atoms with E-state index in [0.29, 0.717) is 0 Å². The number of amides is 1. The van der Waals surface area contributed by atoms with Crippen LogP contribution in [0.5, 0.6) is 0 Å². The van der Waals surface area contributed by atoms with E-state index < -0.39 is 11.9 Å². The van der Waals surface area contributed by atoms with Gasteiger partial charge in [-0.2, -0.15) is 0 Å². The summed E-state index contributed by atoms with van der Waals surface area (Å²) in [7, 11) is 0. The van der Waals surface area contributed by atoms with Crippen molar-refractivity contribution in [2.45, 2.75) is 50.5 Å². The summed E-state index contributed by atoms with van der Waals surface area (Å²) in [4.78, 5) is 24.7. The summed E-state index contributed by atoms with van der Waals surface area (Å²) < 4.78 is 0. The molecule has 1 amide bonds. The minimum Gasteiger partial charge on any atom is -0.481 e. The Morgan fingerprint density at radius 3 is 1.91 bits per heavy atom. The highest BCUT2D eigenvalue weighted by molar-refractivity contribution is 5.87. The van der Waals surface area contributed by atoms with Gasteiger partial charge in [0.25, 0.3) is 0 Å². The molecule has 6 rings (SSSR count). The molecular formula is C19H25NO3. The number of carboxylic acids is 1. The lowest BCUT2D eigenvalue weighted by Gasteiger charge is -2.57. The van der Waals surface area contributed by atoms with Gasteiger partial charge in [0.1, 0.15) is 0 Å². The predicted molar refractivity (Wildman–Crippen MR) is 84.4 cm³/mol. The fraction of sp³-hybridized carbons (Fsp3) is 0.789. The summed E-state index contributed by atoms with van der Waals surface area (Å²) in [5.41, 5.74) is -0.0135. The van der Waals surface area contributed by atoms with Crippen LogP contribution < -0.4 is 5.32 Å². The average Bonchev–Trinajstić information content (AvgIpc) is 3.05. The third-order valence-electron chi connectivity index (χ3n) is 7.47. The van der Waals surface area contributed by atoms with Crippen molar-refractivity contribution in [2.75, 3.05) is 0 Å². The molecule has 4 nitrogen and oxygen atoms in total. The van der Waals surface area contributed by atoms with Crippen LogP contribution in [-0.4, -0.2) is 22.5 Å². The van der Waals surface area contributed by atoms with Gasteiger partial charge in [0.05, 0.1) is 11.8 Å². The molecule has 0 saturated heterocycles. The van der Waals surface area contributed by atoms with E-state index in [-0.39, 0.29) is 29.2 Å². The van der Waals surface area contributed by atoms with Crippen LogP contribution >= 0.6 is 0 Å². The molecule has 6 aliphatic carbocycles. The molecule has 5 saturated carbocycles. The Hall–Kier alpha value is -1.32. The van der Waals surface area contributed by atoms with Gasteiger partial charge < -0.3 is 10.4 Å². The molecular weight excluding hydrogens is 290 g/mol. The minimum atomic E-state index is -0.799. The van der Waals surface area contributed by atoms with Crippen LogP contribution in [0.2, 0.25) is 0 Å². The lowest BCUT2D eigenvalue weighted by atomic mass is 9.53. The van der Waals surface area contributed by atoms with Crippen molar-refractivity contribution >= 4 is 11.9 Å².